The van der Waals surface area contributed by atoms with Crippen LogP contribution >= 0.6 is 15.9 Å². The van der Waals surface area contributed by atoms with Gasteiger partial charge >= 0.3 is 0 Å². The lowest BCUT2D eigenvalue weighted by molar-refractivity contribution is 0.412. The second kappa shape index (κ2) is 6.06. The molecule has 19 heavy (non-hydrogen) atoms. The number of anilines is 1. The average molecular weight is 324 g/mol. The molecule has 0 saturated heterocycles. The summed E-state index contributed by atoms with van der Waals surface area (Å²) in [6.07, 6.45) is 0. The zero-order valence-electron chi connectivity index (χ0n) is 10.8. The molecule has 0 spiro atoms. The summed E-state index contributed by atoms with van der Waals surface area (Å²) in [5.41, 5.74) is 2.61. The van der Waals surface area contributed by atoms with E-state index in [0.717, 1.165) is 21.5 Å². The van der Waals surface area contributed by atoms with Crippen molar-refractivity contribution in [2.45, 2.75) is 13.5 Å². The fraction of sp³-hybridized carbons (Fsp3) is 0.200. The van der Waals surface area contributed by atoms with Gasteiger partial charge in [0, 0.05) is 22.3 Å². The van der Waals surface area contributed by atoms with Crippen molar-refractivity contribution >= 4 is 21.6 Å². The van der Waals surface area contributed by atoms with Crippen LogP contribution in [0.3, 0.4) is 0 Å². The fourth-order valence-electron chi connectivity index (χ4n) is 1.86. The number of benzene rings is 2. The van der Waals surface area contributed by atoms with Crippen molar-refractivity contribution < 1.29 is 9.13 Å². The van der Waals surface area contributed by atoms with Gasteiger partial charge in [0.05, 0.1) is 7.11 Å². The van der Waals surface area contributed by atoms with Crippen LogP contribution in [0.25, 0.3) is 0 Å². The van der Waals surface area contributed by atoms with Crippen LogP contribution in [0.5, 0.6) is 5.75 Å². The first-order valence-electron chi connectivity index (χ1n) is 5.92. The summed E-state index contributed by atoms with van der Waals surface area (Å²) in [7, 11) is 1.65. The third kappa shape index (κ3) is 3.47. The van der Waals surface area contributed by atoms with Crippen molar-refractivity contribution in [3.8, 4) is 5.75 Å². The van der Waals surface area contributed by atoms with Crippen molar-refractivity contribution in [2.75, 3.05) is 12.4 Å². The summed E-state index contributed by atoms with van der Waals surface area (Å²) in [6.45, 7) is 2.42. The molecular weight excluding hydrogens is 309 g/mol. The molecule has 2 aromatic carbocycles. The molecule has 0 saturated carbocycles. The van der Waals surface area contributed by atoms with Crippen molar-refractivity contribution in [1.29, 1.82) is 0 Å². The fourth-order valence-corrected chi connectivity index (χ4v) is 2.27. The molecule has 100 valence electrons. The second-order valence-corrected chi connectivity index (χ2v) is 5.19. The minimum absolute atomic E-state index is 0.207. The first-order chi connectivity index (χ1) is 9.10. The zero-order valence-corrected chi connectivity index (χ0v) is 12.4. The number of rotatable bonds is 4. The third-order valence-electron chi connectivity index (χ3n) is 2.89. The van der Waals surface area contributed by atoms with E-state index in [-0.39, 0.29) is 5.82 Å². The van der Waals surface area contributed by atoms with Crippen LogP contribution in [0.4, 0.5) is 10.1 Å². The number of halogens is 2. The molecule has 2 nitrogen and oxygen atoms in total. The van der Waals surface area contributed by atoms with E-state index in [1.54, 1.807) is 19.2 Å². The highest BCUT2D eigenvalue weighted by atomic mass is 79.9. The van der Waals surface area contributed by atoms with Gasteiger partial charge < -0.3 is 10.1 Å². The maximum absolute atomic E-state index is 13.6. The van der Waals surface area contributed by atoms with Crippen molar-refractivity contribution in [1.82, 2.24) is 0 Å². The van der Waals surface area contributed by atoms with E-state index in [9.17, 15) is 4.39 Å². The lowest BCUT2D eigenvalue weighted by Gasteiger charge is -2.10. The molecule has 4 heteroatoms. The van der Waals surface area contributed by atoms with Crippen LogP contribution in [0, 0.1) is 12.7 Å². The van der Waals surface area contributed by atoms with E-state index in [4.69, 9.17) is 4.74 Å². The van der Waals surface area contributed by atoms with Crippen LogP contribution in [-0.4, -0.2) is 7.11 Å². The topological polar surface area (TPSA) is 21.3 Å². The van der Waals surface area contributed by atoms with Gasteiger partial charge in [0.2, 0.25) is 0 Å². The molecule has 0 amide bonds. The Bertz CT molecular complexity index is 586. The molecule has 0 aliphatic carbocycles. The van der Waals surface area contributed by atoms with E-state index in [1.807, 2.05) is 25.1 Å². The monoisotopic (exact) mass is 323 g/mol. The Morgan fingerprint density at radius 1 is 1.21 bits per heavy atom. The van der Waals surface area contributed by atoms with Gasteiger partial charge in [-0.15, -0.1) is 0 Å². The lowest BCUT2D eigenvalue weighted by Crippen LogP contribution is -2.02. The number of hydrogen-bond donors (Lipinski definition) is 1. The van der Waals surface area contributed by atoms with Gasteiger partial charge in [-0.25, -0.2) is 4.39 Å². The van der Waals surface area contributed by atoms with Crippen LogP contribution < -0.4 is 10.1 Å². The number of methoxy groups -OCH3 is 1. The highest BCUT2D eigenvalue weighted by Gasteiger charge is 2.04. The number of nitrogens with one attached hydrogen (secondary N) is 1. The summed E-state index contributed by atoms with van der Waals surface area (Å²) in [5.74, 6) is 0.639. The van der Waals surface area contributed by atoms with Gasteiger partial charge in [-0.2, -0.15) is 0 Å². The van der Waals surface area contributed by atoms with Gasteiger partial charge in [0.15, 0.2) is 0 Å². The van der Waals surface area contributed by atoms with Crippen LogP contribution in [-0.2, 0) is 6.54 Å². The van der Waals surface area contributed by atoms with Gasteiger partial charge in [-0.3, -0.25) is 0 Å². The number of ether oxygens (including phenoxy) is 1. The van der Waals surface area contributed by atoms with Crippen molar-refractivity contribution in [3.05, 3.63) is 57.8 Å². The highest BCUT2D eigenvalue weighted by Crippen LogP contribution is 2.22. The van der Waals surface area contributed by atoms with Crippen LogP contribution in [0.2, 0.25) is 0 Å². The minimum Gasteiger partial charge on any atom is -0.496 e. The summed E-state index contributed by atoms with van der Waals surface area (Å²) < 4.78 is 19.7. The molecule has 0 heterocycles. The van der Waals surface area contributed by atoms with Crippen molar-refractivity contribution in [3.63, 3.8) is 0 Å². The van der Waals surface area contributed by atoms with E-state index in [1.165, 1.54) is 6.07 Å². The second-order valence-electron chi connectivity index (χ2n) is 4.27. The maximum atomic E-state index is 13.6. The Morgan fingerprint density at radius 3 is 2.68 bits per heavy atom. The van der Waals surface area contributed by atoms with Crippen molar-refractivity contribution in [2.24, 2.45) is 0 Å². The van der Waals surface area contributed by atoms with Gasteiger partial charge in [0.25, 0.3) is 0 Å². The Balaban J connectivity index is 2.10. The first kappa shape index (κ1) is 13.9. The molecule has 1 N–H and O–H groups in total. The Morgan fingerprint density at radius 2 is 2.00 bits per heavy atom. The molecule has 0 fully saturated rings. The Labute approximate surface area is 120 Å². The molecule has 0 aromatic heterocycles. The molecule has 0 radical (unpaired) electrons. The molecule has 2 rings (SSSR count). The predicted octanol–water partition coefficient (Wildman–Crippen LogP) is 4.52. The van der Waals surface area contributed by atoms with E-state index in [0.29, 0.717) is 12.1 Å². The molecule has 0 unspecified atom stereocenters. The molecule has 0 bridgehead atoms. The SMILES string of the molecule is COc1ccc(NCc2cc(Br)ccc2F)cc1C. The van der Waals surface area contributed by atoms with Crippen LogP contribution in [0.1, 0.15) is 11.1 Å². The maximum Gasteiger partial charge on any atom is 0.128 e. The first-order valence-corrected chi connectivity index (χ1v) is 6.72. The third-order valence-corrected chi connectivity index (χ3v) is 3.38. The quantitative estimate of drug-likeness (QED) is 0.893. The van der Waals surface area contributed by atoms with Gasteiger partial charge in [-0.05, 0) is 48.9 Å². The molecule has 0 aliphatic rings. The number of aryl methyl sites for hydroxylation is 1. The molecular formula is C15H15BrFNO. The van der Waals surface area contributed by atoms with Gasteiger partial charge in [-0.1, -0.05) is 15.9 Å². The molecule has 2 aromatic rings. The van der Waals surface area contributed by atoms with Crippen LogP contribution in [0.15, 0.2) is 40.9 Å². The molecule has 0 atom stereocenters. The Hall–Kier alpha value is -1.55. The predicted molar refractivity (Wildman–Crippen MR) is 79.2 cm³/mol. The summed E-state index contributed by atoms with van der Waals surface area (Å²) >= 11 is 3.34. The summed E-state index contributed by atoms with van der Waals surface area (Å²) in [4.78, 5) is 0. The van der Waals surface area contributed by atoms with E-state index < -0.39 is 0 Å². The van der Waals surface area contributed by atoms with Gasteiger partial charge in [0.1, 0.15) is 11.6 Å². The largest absolute Gasteiger partial charge is 0.496 e. The zero-order chi connectivity index (χ0) is 13.8. The Kier molecular flexibility index (Phi) is 4.43. The normalized spacial score (nSPS) is 10.3. The van der Waals surface area contributed by atoms with E-state index >= 15 is 0 Å². The average Bonchev–Trinajstić information content (AvgIpc) is 2.40. The minimum atomic E-state index is -0.207. The van der Waals surface area contributed by atoms with E-state index in [2.05, 4.69) is 21.2 Å². The smallest absolute Gasteiger partial charge is 0.128 e. The highest BCUT2D eigenvalue weighted by molar-refractivity contribution is 9.10. The standard InChI is InChI=1S/C15H15BrFNO/c1-10-7-13(4-6-15(10)19-2)18-9-11-8-12(16)3-5-14(11)17/h3-8,18H,9H2,1-2H3. The molecule has 0 aliphatic heterocycles. The summed E-state index contributed by atoms with van der Waals surface area (Å²) in [5, 5.41) is 3.20. The number of hydrogen-bond acceptors (Lipinski definition) is 2. The lowest BCUT2D eigenvalue weighted by atomic mass is 10.1. The summed E-state index contributed by atoms with van der Waals surface area (Å²) in [6, 6.07) is 10.7.